The zero-order valence-corrected chi connectivity index (χ0v) is 13.2. The third kappa shape index (κ3) is 6.78. The van der Waals surface area contributed by atoms with Crippen LogP contribution in [0.4, 0.5) is 0 Å². The number of carbonyl (C=O) groups excluding carboxylic acids is 1. The molecule has 4 heteroatoms. The highest BCUT2D eigenvalue weighted by Gasteiger charge is 2.02. The molecule has 110 valence electrons. The number of ketones is 1. The van der Waals surface area contributed by atoms with Gasteiger partial charge in [0.05, 0.1) is 0 Å². The Kier molecular flexibility index (Phi) is 7.41. The molecule has 0 bridgehead atoms. The van der Waals surface area contributed by atoms with Gasteiger partial charge in [-0.25, -0.2) is 0 Å². The average molecular weight is 293 g/mol. The van der Waals surface area contributed by atoms with E-state index in [0.717, 1.165) is 17.9 Å². The molecule has 0 heterocycles. The summed E-state index contributed by atoms with van der Waals surface area (Å²) in [5, 5.41) is 3.33. The molecule has 0 spiro atoms. The molecule has 0 fully saturated rings. The Morgan fingerprint density at radius 1 is 1.40 bits per heavy atom. The van der Waals surface area contributed by atoms with Gasteiger partial charge in [0.1, 0.15) is 12.4 Å². The van der Waals surface area contributed by atoms with Crippen molar-refractivity contribution in [3.8, 4) is 5.75 Å². The van der Waals surface area contributed by atoms with Crippen molar-refractivity contribution < 1.29 is 9.53 Å². The normalized spacial score (nSPS) is 12.8. The van der Waals surface area contributed by atoms with E-state index in [2.05, 4.69) is 17.9 Å². The monoisotopic (exact) mass is 293 g/mol. The summed E-state index contributed by atoms with van der Waals surface area (Å²) in [4.78, 5) is 11.5. The molecule has 3 nitrogen and oxygen atoms in total. The van der Waals surface area contributed by atoms with Crippen LogP contribution >= 0.6 is 12.6 Å². The number of hydrogen-bond acceptors (Lipinski definition) is 4. The second kappa shape index (κ2) is 8.82. The van der Waals surface area contributed by atoms with Gasteiger partial charge in [-0.15, -0.1) is 0 Å². The first-order valence-corrected chi connectivity index (χ1v) is 7.37. The highest BCUT2D eigenvalue weighted by Crippen LogP contribution is 2.14. The average Bonchev–Trinajstić information content (AvgIpc) is 2.41. The molecule has 0 amide bonds. The molecule has 0 saturated carbocycles. The lowest BCUT2D eigenvalue weighted by atomic mass is 10.1. The number of benzene rings is 1. The quantitative estimate of drug-likeness (QED) is 0.335. The van der Waals surface area contributed by atoms with Crippen molar-refractivity contribution in [1.29, 1.82) is 0 Å². The van der Waals surface area contributed by atoms with Crippen molar-refractivity contribution in [1.82, 2.24) is 5.32 Å². The first-order valence-electron chi connectivity index (χ1n) is 6.85. The summed E-state index contributed by atoms with van der Waals surface area (Å²) in [5.41, 5.74) is 0.965. The van der Waals surface area contributed by atoms with E-state index in [1.54, 1.807) is 6.08 Å². The standard InChI is InChI=1S/C16H23NO2S/c1-12(2)16(18)8-7-14-5-4-6-15(11-14)19-10-9-17-13(3)20/h4-8,11-13,17,20H,9-10H2,1-3H3/b8-7+. The van der Waals surface area contributed by atoms with Crippen LogP contribution < -0.4 is 10.1 Å². The predicted octanol–water partition coefficient (Wildman–Crippen LogP) is 3.17. The molecular formula is C16H23NO2S. The second-order valence-electron chi connectivity index (χ2n) is 4.94. The van der Waals surface area contributed by atoms with Crippen LogP contribution in [0.3, 0.4) is 0 Å². The molecule has 1 atom stereocenters. The number of thiol groups is 1. The fourth-order valence-corrected chi connectivity index (χ4v) is 1.64. The van der Waals surface area contributed by atoms with Gasteiger partial charge in [-0.05, 0) is 30.7 Å². The van der Waals surface area contributed by atoms with E-state index in [1.165, 1.54) is 0 Å². The van der Waals surface area contributed by atoms with E-state index in [9.17, 15) is 4.79 Å². The molecule has 0 saturated heterocycles. The van der Waals surface area contributed by atoms with Crippen LogP contribution in [-0.2, 0) is 4.79 Å². The van der Waals surface area contributed by atoms with E-state index in [4.69, 9.17) is 4.74 Å². The molecule has 0 aromatic heterocycles. The third-order valence-electron chi connectivity index (χ3n) is 2.68. The Morgan fingerprint density at radius 3 is 2.80 bits per heavy atom. The largest absolute Gasteiger partial charge is 0.492 e. The van der Waals surface area contributed by atoms with Gasteiger partial charge in [0, 0.05) is 17.8 Å². The van der Waals surface area contributed by atoms with Crippen molar-refractivity contribution in [2.24, 2.45) is 5.92 Å². The van der Waals surface area contributed by atoms with E-state index in [1.807, 2.05) is 51.1 Å². The third-order valence-corrected chi connectivity index (χ3v) is 2.86. The molecule has 1 aromatic rings. The number of allylic oxidation sites excluding steroid dienone is 1. The van der Waals surface area contributed by atoms with Crippen molar-refractivity contribution in [3.63, 3.8) is 0 Å². The zero-order chi connectivity index (χ0) is 15.0. The van der Waals surface area contributed by atoms with E-state index < -0.39 is 0 Å². The lowest BCUT2D eigenvalue weighted by molar-refractivity contribution is -0.117. The number of hydrogen-bond donors (Lipinski definition) is 2. The smallest absolute Gasteiger partial charge is 0.158 e. The van der Waals surface area contributed by atoms with Gasteiger partial charge in [-0.2, -0.15) is 12.6 Å². The molecule has 0 radical (unpaired) electrons. The number of rotatable bonds is 8. The Balaban J connectivity index is 2.51. The van der Waals surface area contributed by atoms with Crippen LogP contribution in [-0.4, -0.2) is 24.3 Å². The van der Waals surface area contributed by atoms with Gasteiger partial charge in [0.2, 0.25) is 0 Å². The van der Waals surface area contributed by atoms with Gasteiger partial charge in [-0.1, -0.05) is 32.1 Å². The lowest BCUT2D eigenvalue weighted by Crippen LogP contribution is -2.26. The molecule has 0 aliphatic carbocycles. The van der Waals surface area contributed by atoms with Crippen LogP contribution in [0.1, 0.15) is 26.3 Å². The highest BCUT2D eigenvalue weighted by atomic mass is 32.1. The van der Waals surface area contributed by atoms with E-state index in [-0.39, 0.29) is 17.1 Å². The van der Waals surface area contributed by atoms with Crippen molar-refractivity contribution in [2.75, 3.05) is 13.2 Å². The van der Waals surface area contributed by atoms with Gasteiger partial charge < -0.3 is 10.1 Å². The zero-order valence-electron chi connectivity index (χ0n) is 12.3. The van der Waals surface area contributed by atoms with Crippen molar-refractivity contribution >= 4 is 24.5 Å². The molecule has 0 aliphatic heterocycles. The maximum absolute atomic E-state index is 11.5. The predicted molar refractivity (Wildman–Crippen MR) is 87.3 cm³/mol. The van der Waals surface area contributed by atoms with E-state index in [0.29, 0.717) is 6.61 Å². The summed E-state index contributed by atoms with van der Waals surface area (Å²) in [6.07, 6.45) is 3.44. The molecule has 1 aromatic carbocycles. The maximum atomic E-state index is 11.5. The summed E-state index contributed by atoms with van der Waals surface area (Å²) in [7, 11) is 0. The van der Waals surface area contributed by atoms with Crippen LogP contribution in [0.15, 0.2) is 30.3 Å². The second-order valence-corrected chi connectivity index (χ2v) is 5.72. The topological polar surface area (TPSA) is 38.3 Å². The Morgan fingerprint density at radius 2 is 2.15 bits per heavy atom. The summed E-state index contributed by atoms with van der Waals surface area (Å²) < 4.78 is 5.64. The van der Waals surface area contributed by atoms with Gasteiger partial charge in [0.15, 0.2) is 5.78 Å². The van der Waals surface area contributed by atoms with Crippen LogP contribution in [0.25, 0.3) is 6.08 Å². The van der Waals surface area contributed by atoms with Gasteiger partial charge in [0.25, 0.3) is 0 Å². The summed E-state index contributed by atoms with van der Waals surface area (Å²) >= 11 is 4.23. The number of ether oxygens (including phenoxy) is 1. The van der Waals surface area contributed by atoms with Crippen molar-refractivity contribution in [2.45, 2.75) is 26.1 Å². The molecule has 1 unspecified atom stereocenters. The summed E-state index contributed by atoms with van der Waals surface area (Å²) in [5.74, 6) is 0.959. The van der Waals surface area contributed by atoms with Crippen LogP contribution in [0.2, 0.25) is 0 Å². The SMILES string of the molecule is CC(S)NCCOc1cccc(/C=C/C(=O)C(C)C)c1. The summed E-state index contributed by atoms with van der Waals surface area (Å²) in [6, 6.07) is 7.70. The van der Waals surface area contributed by atoms with Crippen LogP contribution in [0, 0.1) is 5.92 Å². The lowest BCUT2D eigenvalue weighted by Gasteiger charge is -2.09. The van der Waals surface area contributed by atoms with Gasteiger partial charge >= 0.3 is 0 Å². The highest BCUT2D eigenvalue weighted by molar-refractivity contribution is 7.80. The minimum atomic E-state index is 0.0278. The Labute approximate surface area is 126 Å². The van der Waals surface area contributed by atoms with Crippen LogP contribution in [0.5, 0.6) is 5.75 Å². The minimum absolute atomic E-state index is 0.0278. The molecule has 20 heavy (non-hydrogen) atoms. The molecule has 1 rings (SSSR count). The van der Waals surface area contributed by atoms with E-state index >= 15 is 0 Å². The molecule has 0 aliphatic rings. The summed E-state index contributed by atoms with van der Waals surface area (Å²) in [6.45, 7) is 7.09. The Bertz CT molecular complexity index is 456. The first kappa shape index (κ1) is 16.8. The maximum Gasteiger partial charge on any atom is 0.158 e. The number of carbonyl (C=O) groups is 1. The van der Waals surface area contributed by atoms with Crippen molar-refractivity contribution in [3.05, 3.63) is 35.9 Å². The number of nitrogens with one attached hydrogen (secondary N) is 1. The Hall–Kier alpha value is -1.26. The fourth-order valence-electron chi connectivity index (χ4n) is 1.52. The molecular weight excluding hydrogens is 270 g/mol. The minimum Gasteiger partial charge on any atom is -0.492 e. The molecule has 1 N–H and O–H groups in total. The fraction of sp³-hybridized carbons (Fsp3) is 0.438. The van der Waals surface area contributed by atoms with Gasteiger partial charge in [-0.3, -0.25) is 4.79 Å². The first-order chi connectivity index (χ1) is 9.49.